The maximum absolute atomic E-state index is 12.7. The van der Waals surface area contributed by atoms with Crippen molar-refractivity contribution in [3.8, 4) is 23.0 Å². The minimum atomic E-state index is -0.290. The summed E-state index contributed by atoms with van der Waals surface area (Å²) in [6.45, 7) is 0.409. The molecule has 0 aliphatic rings. The Kier molecular flexibility index (Phi) is 6.58. The summed E-state index contributed by atoms with van der Waals surface area (Å²) in [5, 5.41) is 2.84. The van der Waals surface area contributed by atoms with Crippen LogP contribution in [0.4, 0.5) is 5.69 Å². The first-order chi connectivity index (χ1) is 14.1. The maximum atomic E-state index is 12.7. The minimum Gasteiger partial charge on any atom is -0.497 e. The Morgan fingerprint density at radius 1 is 0.793 bits per heavy atom. The van der Waals surface area contributed by atoms with Crippen molar-refractivity contribution in [1.29, 1.82) is 0 Å². The molecule has 0 radical (unpaired) electrons. The summed E-state index contributed by atoms with van der Waals surface area (Å²) in [6, 6.07) is 20.1. The van der Waals surface area contributed by atoms with Crippen LogP contribution in [0.1, 0.15) is 15.9 Å². The number of benzene rings is 3. The molecule has 3 rings (SSSR count). The Morgan fingerprint density at radius 3 is 2.24 bits per heavy atom. The zero-order chi connectivity index (χ0) is 20.6. The third-order valence-electron chi connectivity index (χ3n) is 4.32. The van der Waals surface area contributed by atoms with Gasteiger partial charge in [-0.1, -0.05) is 30.3 Å². The lowest BCUT2D eigenvalue weighted by Crippen LogP contribution is -2.13. The van der Waals surface area contributed by atoms with Gasteiger partial charge < -0.3 is 24.3 Å². The van der Waals surface area contributed by atoms with Crippen molar-refractivity contribution in [1.82, 2.24) is 0 Å². The molecule has 0 aromatic heterocycles. The molecule has 0 aliphatic heterocycles. The van der Waals surface area contributed by atoms with E-state index >= 15 is 0 Å². The van der Waals surface area contributed by atoms with Crippen LogP contribution >= 0.6 is 0 Å². The fourth-order valence-electron chi connectivity index (χ4n) is 2.76. The van der Waals surface area contributed by atoms with Crippen LogP contribution in [0.2, 0.25) is 0 Å². The molecule has 0 heterocycles. The normalized spacial score (nSPS) is 10.2. The molecule has 29 heavy (non-hydrogen) atoms. The number of nitrogens with one attached hydrogen (secondary N) is 1. The number of amides is 1. The van der Waals surface area contributed by atoms with Crippen LogP contribution in [0, 0.1) is 0 Å². The number of methoxy groups -OCH3 is 3. The molecule has 0 saturated carbocycles. The fraction of sp³-hybridized carbons (Fsp3) is 0.174. The minimum absolute atomic E-state index is 0.290. The topological polar surface area (TPSA) is 66.0 Å². The fourth-order valence-corrected chi connectivity index (χ4v) is 2.76. The van der Waals surface area contributed by atoms with Crippen LogP contribution in [0.25, 0.3) is 0 Å². The van der Waals surface area contributed by atoms with Crippen molar-refractivity contribution in [3.63, 3.8) is 0 Å². The molecule has 1 N–H and O–H groups in total. The molecule has 0 fully saturated rings. The first-order valence-corrected chi connectivity index (χ1v) is 9.02. The summed E-state index contributed by atoms with van der Waals surface area (Å²) in [6.07, 6.45) is 0. The summed E-state index contributed by atoms with van der Waals surface area (Å²) < 4.78 is 21.7. The summed E-state index contributed by atoms with van der Waals surface area (Å²) in [5.41, 5.74) is 2.02. The van der Waals surface area contributed by atoms with E-state index in [1.54, 1.807) is 50.6 Å². The van der Waals surface area contributed by atoms with Crippen LogP contribution in [0.5, 0.6) is 23.0 Å². The highest BCUT2D eigenvalue weighted by atomic mass is 16.5. The SMILES string of the molecule is COc1ccc(NC(=O)c2ccc(OCc3ccccc3)c(OC)c2)c(OC)c1. The Bertz CT molecular complexity index is 972. The first-order valence-electron chi connectivity index (χ1n) is 9.02. The number of carbonyl (C=O) groups excluding carboxylic acids is 1. The maximum Gasteiger partial charge on any atom is 0.255 e. The third kappa shape index (κ3) is 4.99. The highest BCUT2D eigenvalue weighted by molar-refractivity contribution is 6.05. The predicted octanol–water partition coefficient (Wildman–Crippen LogP) is 4.54. The lowest BCUT2D eigenvalue weighted by atomic mass is 10.1. The zero-order valence-corrected chi connectivity index (χ0v) is 16.6. The molecular formula is C23H23NO5. The Labute approximate surface area is 170 Å². The largest absolute Gasteiger partial charge is 0.497 e. The molecule has 3 aromatic rings. The standard InChI is InChI=1S/C23H23NO5/c1-26-18-10-11-19(21(14-18)27-2)24-23(25)17-9-12-20(22(13-17)28-3)29-15-16-7-5-4-6-8-16/h4-14H,15H2,1-3H3,(H,24,25). The second-order valence-electron chi connectivity index (χ2n) is 6.16. The van der Waals surface area contributed by atoms with Crippen LogP contribution in [0.3, 0.4) is 0 Å². The average molecular weight is 393 g/mol. The lowest BCUT2D eigenvalue weighted by molar-refractivity contribution is 0.102. The van der Waals surface area contributed by atoms with Crippen LogP contribution < -0.4 is 24.3 Å². The van der Waals surface area contributed by atoms with Gasteiger partial charge in [-0.25, -0.2) is 0 Å². The smallest absolute Gasteiger partial charge is 0.255 e. The van der Waals surface area contributed by atoms with Gasteiger partial charge in [0.25, 0.3) is 5.91 Å². The van der Waals surface area contributed by atoms with Crippen molar-refractivity contribution in [3.05, 3.63) is 77.9 Å². The summed E-state index contributed by atoms with van der Waals surface area (Å²) in [5.74, 6) is 1.90. The number of ether oxygens (including phenoxy) is 4. The Balaban J connectivity index is 1.74. The van der Waals surface area contributed by atoms with E-state index in [1.165, 1.54) is 7.11 Å². The van der Waals surface area contributed by atoms with Crippen molar-refractivity contribution in [2.75, 3.05) is 26.6 Å². The van der Waals surface area contributed by atoms with Gasteiger partial charge in [0.2, 0.25) is 0 Å². The van der Waals surface area contributed by atoms with Gasteiger partial charge in [0.1, 0.15) is 18.1 Å². The molecule has 6 heteroatoms. The number of hydrogen-bond donors (Lipinski definition) is 1. The van der Waals surface area contributed by atoms with Gasteiger partial charge in [-0.05, 0) is 35.9 Å². The predicted molar refractivity (Wildman–Crippen MR) is 111 cm³/mol. The molecule has 6 nitrogen and oxygen atoms in total. The van der Waals surface area contributed by atoms with Crippen molar-refractivity contribution in [2.24, 2.45) is 0 Å². The molecule has 150 valence electrons. The van der Waals surface area contributed by atoms with E-state index < -0.39 is 0 Å². The van der Waals surface area contributed by atoms with Gasteiger partial charge in [0.15, 0.2) is 11.5 Å². The van der Waals surface area contributed by atoms with E-state index in [0.29, 0.717) is 40.9 Å². The van der Waals surface area contributed by atoms with Crippen molar-refractivity contribution >= 4 is 11.6 Å². The molecular weight excluding hydrogens is 370 g/mol. The second-order valence-corrected chi connectivity index (χ2v) is 6.16. The number of anilines is 1. The average Bonchev–Trinajstić information content (AvgIpc) is 2.78. The van der Waals surface area contributed by atoms with Gasteiger partial charge in [0, 0.05) is 11.6 Å². The van der Waals surface area contributed by atoms with Gasteiger partial charge in [-0.3, -0.25) is 4.79 Å². The number of hydrogen-bond acceptors (Lipinski definition) is 5. The lowest BCUT2D eigenvalue weighted by Gasteiger charge is -2.14. The summed E-state index contributed by atoms with van der Waals surface area (Å²) >= 11 is 0. The van der Waals surface area contributed by atoms with Gasteiger partial charge in [-0.2, -0.15) is 0 Å². The zero-order valence-electron chi connectivity index (χ0n) is 16.6. The van der Waals surface area contributed by atoms with Gasteiger partial charge in [0.05, 0.1) is 27.0 Å². The van der Waals surface area contributed by atoms with E-state index in [1.807, 2.05) is 30.3 Å². The number of rotatable bonds is 8. The third-order valence-corrected chi connectivity index (χ3v) is 4.32. The van der Waals surface area contributed by atoms with Crippen LogP contribution in [-0.2, 0) is 6.61 Å². The first kappa shape index (κ1) is 20.1. The molecule has 3 aromatic carbocycles. The molecule has 0 atom stereocenters. The van der Waals surface area contributed by atoms with E-state index in [0.717, 1.165) is 5.56 Å². The Hall–Kier alpha value is -3.67. The quantitative estimate of drug-likeness (QED) is 0.608. The van der Waals surface area contributed by atoms with Crippen molar-refractivity contribution < 1.29 is 23.7 Å². The second kappa shape index (κ2) is 9.50. The highest BCUT2D eigenvalue weighted by Crippen LogP contribution is 2.31. The van der Waals surface area contributed by atoms with E-state index in [2.05, 4.69) is 5.32 Å². The van der Waals surface area contributed by atoms with Gasteiger partial charge >= 0.3 is 0 Å². The van der Waals surface area contributed by atoms with Crippen LogP contribution in [-0.4, -0.2) is 27.2 Å². The van der Waals surface area contributed by atoms with E-state index in [4.69, 9.17) is 18.9 Å². The number of carbonyl (C=O) groups is 1. The van der Waals surface area contributed by atoms with E-state index in [-0.39, 0.29) is 5.91 Å². The Morgan fingerprint density at radius 2 is 1.55 bits per heavy atom. The molecule has 0 aliphatic carbocycles. The van der Waals surface area contributed by atoms with E-state index in [9.17, 15) is 4.79 Å². The van der Waals surface area contributed by atoms with Crippen LogP contribution in [0.15, 0.2) is 66.7 Å². The summed E-state index contributed by atoms with van der Waals surface area (Å²) in [7, 11) is 4.64. The molecule has 1 amide bonds. The summed E-state index contributed by atoms with van der Waals surface area (Å²) in [4.78, 5) is 12.7. The molecule has 0 saturated heterocycles. The molecule has 0 spiro atoms. The molecule has 0 unspecified atom stereocenters. The van der Waals surface area contributed by atoms with Crippen molar-refractivity contribution in [2.45, 2.75) is 6.61 Å². The van der Waals surface area contributed by atoms with Gasteiger partial charge in [-0.15, -0.1) is 0 Å². The molecule has 0 bridgehead atoms. The monoisotopic (exact) mass is 393 g/mol. The highest BCUT2D eigenvalue weighted by Gasteiger charge is 2.14.